The molecule has 1 atom stereocenters. The molecule has 2 aromatic carbocycles. The first kappa shape index (κ1) is 18.0. The van der Waals surface area contributed by atoms with Gasteiger partial charge >= 0.3 is 0 Å². The van der Waals surface area contributed by atoms with E-state index in [1.165, 1.54) is 16.5 Å². The molecule has 0 radical (unpaired) electrons. The number of aryl methyl sites for hydroxylation is 3. The van der Waals surface area contributed by atoms with E-state index >= 15 is 0 Å². The van der Waals surface area contributed by atoms with E-state index in [4.69, 9.17) is 0 Å². The highest BCUT2D eigenvalue weighted by atomic mass is 16.2. The Morgan fingerprint density at radius 1 is 1.00 bits per heavy atom. The molecule has 0 saturated carbocycles. The van der Waals surface area contributed by atoms with Gasteiger partial charge in [0.25, 0.3) is 5.91 Å². The van der Waals surface area contributed by atoms with Crippen molar-refractivity contribution in [3.8, 4) is 0 Å². The van der Waals surface area contributed by atoms with E-state index in [9.17, 15) is 9.59 Å². The van der Waals surface area contributed by atoms with Crippen molar-refractivity contribution >= 4 is 22.5 Å². The van der Waals surface area contributed by atoms with Crippen molar-refractivity contribution in [2.45, 2.75) is 32.6 Å². The first-order valence-electron chi connectivity index (χ1n) is 10.4. The molecule has 2 heterocycles. The smallest absolute Gasteiger partial charge is 0.255 e. The molecular formula is C25H24N2O2. The van der Waals surface area contributed by atoms with Crippen LogP contribution < -0.4 is 0 Å². The Bertz CT molecular complexity index is 1120. The quantitative estimate of drug-likeness (QED) is 0.630. The third kappa shape index (κ3) is 3.03. The lowest BCUT2D eigenvalue weighted by molar-refractivity contribution is 0.0636. The summed E-state index contributed by atoms with van der Waals surface area (Å²) in [6.45, 7) is 3.03. The van der Waals surface area contributed by atoms with Crippen LogP contribution in [0.3, 0.4) is 0 Å². The van der Waals surface area contributed by atoms with E-state index in [2.05, 4.69) is 29.2 Å². The SMILES string of the molecule is Cc1ncccc1C(=O)N1CCC[C@@H](C(=O)c2ccc3c4c(cccc24)CC3)C1. The summed E-state index contributed by atoms with van der Waals surface area (Å²) in [6.07, 6.45) is 5.49. The van der Waals surface area contributed by atoms with Crippen LogP contribution in [0.4, 0.5) is 0 Å². The van der Waals surface area contributed by atoms with Crippen molar-refractivity contribution in [1.82, 2.24) is 9.88 Å². The number of pyridine rings is 1. The van der Waals surface area contributed by atoms with Crippen molar-refractivity contribution in [3.63, 3.8) is 0 Å². The summed E-state index contributed by atoms with van der Waals surface area (Å²) in [5.74, 6) is -0.00217. The fourth-order valence-corrected chi connectivity index (χ4v) is 4.94. The second-order valence-corrected chi connectivity index (χ2v) is 8.20. The number of ketones is 1. The van der Waals surface area contributed by atoms with Gasteiger partial charge < -0.3 is 4.90 Å². The van der Waals surface area contributed by atoms with Gasteiger partial charge in [0.2, 0.25) is 0 Å². The Morgan fingerprint density at radius 2 is 1.83 bits per heavy atom. The first-order chi connectivity index (χ1) is 14.1. The number of benzene rings is 2. The van der Waals surface area contributed by atoms with Gasteiger partial charge in [0, 0.05) is 36.5 Å². The molecule has 4 nitrogen and oxygen atoms in total. The number of aromatic nitrogens is 1. The largest absolute Gasteiger partial charge is 0.338 e. The third-order valence-corrected chi connectivity index (χ3v) is 6.46. The molecule has 0 spiro atoms. The number of piperidine rings is 1. The second-order valence-electron chi connectivity index (χ2n) is 8.20. The van der Waals surface area contributed by atoms with Gasteiger partial charge in [-0.3, -0.25) is 14.6 Å². The van der Waals surface area contributed by atoms with Crippen molar-refractivity contribution in [3.05, 3.63) is 76.6 Å². The molecule has 5 rings (SSSR count). The van der Waals surface area contributed by atoms with E-state index in [0.717, 1.165) is 42.3 Å². The third-order valence-electron chi connectivity index (χ3n) is 6.46. The summed E-state index contributed by atoms with van der Waals surface area (Å²) in [5, 5.41) is 2.35. The molecule has 1 saturated heterocycles. The average molecular weight is 384 g/mol. The van der Waals surface area contributed by atoms with Crippen LogP contribution in [0.15, 0.2) is 48.7 Å². The highest BCUT2D eigenvalue weighted by Crippen LogP contribution is 2.34. The van der Waals surface area contributed by atoms with E-state index in [1.54, 1.807) is 12.3 Å². The first-order valence-corrected chi connectivity index (χ1v) is 10.4. The zero-order valence-corrected chi connectivity index (χ0v) is 16.6. The van der Waals surface area contributed by atoms with Crippen LogP contribution in [0.5, 0.6) is 0 Å². The number of hydrogen-bond acceptors (Lipinski definition) is 3. The lowest BCUT2D eigenvalue weighted by Gasteiger charge is -2.32. The number of likely N-dealkylation sites (tertiary alicyclic amines) is 1. The molecule has 0 unspecified atom stereocenters. The zero-order chi connectivity index (χ0) is 20.0. The molecule has 1 fully saturated rings. The topological polar surface area (TPSA) is 50.3 Å². The number of Topliss-reactive ketones (excluding diaryl/α,β-unsaturated/α-hetero) is 1. The van der Waals surface area contributed by atoms with Gasteiger partial charge in [-0.15, -0.1) is 0 Å². The predicted molar refractivity (Wildman–Crippen MR) is 113 cm³/mol. The second kappa shape index (κ2) is 7.11. The van der Waals surface area contributed by atoms with Gasteiger partial charge in [-0.1, -0.05) is 30.3 Å². The van der Waals surface area contributed by atoms with Crippen LogP contribution in [-0.4, -0.2) is 34.7 Å². The van der Waals surface area contributed by atoms with Crippen molar-refractivity contribution in [2.24, 2.45) is 5.92 Å². The van der Waals surface area contributed by atoms with Gasteiger partial charge in [-0.25, -0.2) is 0 Å². The minimum Gasteiger partial charge on any atom is -0.338 e. The van der Waals surface area contributed by atoms with Gasteiger partial charge in [0.05, 0.1) is 5.56 Å². The minimum atomic E-state index is -0.150. The molecule has 146 valence electrons. The zero-order valence-electron chi connectivity index (χ0n) is 16.6. The maximum atomic E-state index is 13.5. The molecule has 1 aliphatic heterocycles. The summed E-state index contributed by atoms with van der Waals surface area (Å²) in [7, 11) is 0. The van der Waals surface area contributed by atoms with Gasteiger partial charge in [0.1, 0.15) is 0 Å². The van der Waals surface area contributed by atoms with Crippen LogP contribution >= 0.6 is 0 Å². The fourth-order valence-electron chi connectivity index (χ4n) is 4.94. The lowest BCUT2D eigenvalue weighted by atomic mass is 9.87. The Kier molecular flexibility index (Phi) is 4.42. The Labute approximate surface area is 170 Å². The van der Waals surface area contributed by atoms with Crippen LogP contribution in [0.25, 0.3) is 10.8 Å². The normalized spacial score (nSPS) is 18.2. The monoisotopic (exact) mass is 384 g/mol. The number of hydrogen-bond donors (Lipinski definition) is 0. The van der Waals surface area contributed by atoms with Gasteiger partial charge in [0.15, 0.2) is 5.78 Å². The number of carbonyl (C=O) groups is 2. The molecule has 4 heteroatoms. The average Bonchev–Trinajstić information content (AvgIpc) is 3.18. The summed E-state index contributed by atoms with van der Waals surface area (Å²) in [6, 6.07) is 14.0. The summed E-state index contributed by atoms with van der Waals surface area (Å²) < 4.78 is 0. The molecule has 0 bridgehead atoms. The van der Waals surface area contributed by atoms with E-state index in [0.29, 0.717) is 18.7 Å². The Morgan fingerprint density at radius 3 is 2.66 bits per heavy atom. The Balaban J connectivity index is 1.43. The molecule has 29 heavy (non-hydrogen) atoms. The highest BCUT2D eigenvalue weighted by molar-refractivity contribution is 6.11. The van der Waals surface area contributed by atoms with E-state index in [1.807, 2.05) is 24.0 Å². The van der Waals surface area contributed by atoms with Crippen LogP contribution in [0.1, 0.15) is 50.4 Å². The standard InChI is InChI=1S/C25H24N2O2/c1-16-20(8-3-13-26-16)25(29)27-14-4-6-19(15-27)24(28)22-12-11-18-10-9-17-5-2-7-21(22)23(17)18/h2-3,5,7-8,11-13,19H,4,6,9-10,14-15H2,1H3/t19-/m1/s1. The minimum absolute atomic E-state index is 0.0199. The number of nitrogens with zero attached hydrogens (tertiary/aromatic N) is 2. The maximum Gasteiger partial charge on any atom is 0.255 e. The number of carbonyl (C=O) groups excluding carboxylic acids is 2. The van der Waals surface area contributed by atoms with Crippen LogP contribution in [-0.2, 0) is 12.8 Å². The predicted octanol–water partition coefficient (Wildman–Crippen LogP) is 4.38. The van der Waals surface area contributed by atoms with E-state index < -0.39 is 0 Å². The van der Waals surface area contributed by atoms with Crippen molar-refractivity contribution in [2.75, 3.05) is 13.1 Å². The molecular weight excluding hydrogens is 360 g/mol. The molecule has 2 aliphatic rings. The summed E-state index contributed by atoms with van der Waals surface area (Å²) in [4.78, 5) is 32.6. The fraction of sp³-hybridized carbons (Fsp3) is 0.320. The van der Waals surface area contributed by atoms with Crippen molar-refractivity contribution in [1.29, 1.82) is 0 Å². The van der Waals surface area contributed by atoms with Crippen molar-refractivity contribution < 1.29 is 9.59 Å². The molecule has 1 amide bonds. The van der Waals surface area contributed by atoms with Crippen LogP contribution in [0, 0.1) is 12.8 Å². The highest BCUT2D eigenvalue weighted by Gasteiger charge is 2.31. The summed E-state index contributed by atoms with van der Waals surface area (Å²) >= 11 is 0. The molecule has 1 aliphatic carbocycles. The number of rotatable bonds is 3. The number of amides is 1. The molecule has 0 N–H and O–H groups in total. The Hall–Kier alpha value is -3.01. The van der Waals surface area contributed by atoms with Crippen LogP contribution in [0.2, 0.25) is 0 Å². The summed E-state index contributed by atoms with van der Waals surface area (Å²) in [5.41, 5.74) is 4.87. The molecule has 3 aromatic rings. The lowest BCUT2D eigenvalue weighted by Crippen LogP contribution is -2.42. The maximum absolute atomic E-state index is 13.5. The molecule has 1 aromatic heterocycles. The van der Waals surface area contributed by atoms with Gasteiger partial charge in [-0.2, -0.15) is 0 Å². The van der Waals surface area contributed by atoms with E-state index in [-0.39, 0.29) is 17.6 Å². The van der Waals surface area contributed by atoms with Gasteiger partial charge in [-0.05, 0) is 66.6 Å².